The Balaban J connectivity index is 1.32. The van der Waals surface area contributed by atoms with Gasteiger partial charge in [-0.05, 0) is 57.4 Å². The quantitative estimate of drug-likeness (QED) is 0.525. The second-order valence-electron chi connectivity index (χ2n) is 9.89. The Bertz CT molecular complexity index is 1190. The highest BCUT2D eigenvalue weighted by atomic mass is 35.5. The molecule has 0 saturated carbocycles. The van der Waals surface area contributed by atoms with Gasteiger partial charge in [-0.3, -0.25) is 9.69 Å². The Hall–Kier alpha value is -2.64. The van der Waals surface area contributed by atoms with Crippen molar-refractivity contribution in [2.45, 2.75) is 40.0 Å². The molecule has 0 bridgehead atoms. The van der Waals surface area contributed by atoms with Crippen LogP contribution in [0.1, 0.15) is 37.6 Å². The van der Waals surface area contributed by atoms with Crippen molar-refractivity contribution in [1.82, 2.24) is 24.4 Å². The minimum absolute atomic E-state index is 0.117. The van der Waals surface area contributed by atoms with Crippen molar-refractivity contribution >= 4 is 29.0 Å². The highest BCUT2D eigenvalue weighted by molar-refractivity contribution is 6.30. The molecule has 2 aliphatic rings. The number of aryl methyl sites for hydroxylation is 2. The van der Waals surface area contributed by atoms with E-state index in [0.717, 1.165) is 92.6 Å². The van der Waals surface area contributed by atoms with Crippen molar-refractivity contribution in [3.8, 4) is 11.1 Å². The Kier molecular flexibility index (Phi) is 6.98. The first-order valence-electron chi connectivity index (χ1n) is 12.8. The number of piperazine rings is 1. The Morgan fingerprint density at radius 3 is 2.37 bits per heavy atom. The van der Waals surface area contributed by atoms with Gasteiger partial charge in [0, 0.05) is 67.5 Å². The standard InChI is InChI=1S/C27H35ClN6O/c1-4-11-31-14-16-33(17-15-31)27(35)22-9-12-32(13-10-22)24-18-19(2)29-26-25(20(3)30-34(24)26)21-5-7-23(28)8-6-21/h5-8,18,22H,4,9-17H2,1-3H3. The maximum Gasteiger partial charge on any atom is 0.225 e. The minimum Gasteiger partial charge on any atom is -0.356 e. The third-order valence-electron chi connectivity index (χ3n) is 7.40. The summed E-state index contributed by atoms with van der Waals surface area (Å²) in [5.74, 6) is 1.51. The maximum absolute atomic E-state index is 13.2. The fourth-order valence-corrected chi connectivity index (χ4v) is 5.65. The molecule has 0 atom stereocenters. The summed E-state index contributed by atoms with van der Waals surface area (Å²) in [6, 6.07) is 9.97. The maximum atomic E-state index is 13.2. The predicted molar refractivity (Wildman–Crippen MR) is 141 cm³/mol. The van der Waals surface area contributed by atoms with Gasteiger partial charge in [0.25, 0.3) is 0 Å². The molecule has 2 aliphatic heterocycles. The van der Waals surface area contributed by atoms with E-state index in [1.807, 2.05) is 42.6 Å². The minimum atomic E-state index is 0.117. The van der Waals surface area contributed by atoms with Gasteiger partial charge < -0.3 is 9.80 Å². The Morgan fingerprint density at radius 2 is 1.71 bits per heavy atom. The molecule has 0 radical (unpaired) electrons. The van der Waals surface area contributed by atoms with Crippen LogP contribution in [0.3, 0.4) is 0 Å². The van der Waals surface area contributed by atoms with Gasteiger partial charge in [0.05, 0.1) is 5.69 Å². The molecule has 2 saturated heterocycles. The molecule has 4 heterocycles. The fraction of sp³-hybridized carbons (Fsp3) is 0.519. The van der Waals surface area contributed by atoms with Crippen molar-refractivity contribution in [2.75, 3.05) is 50.7 Å². The van der Waals surface area contributed by atoms with Crippen molar-refractivity contribution in [1.29, 1.82) is 0 Å². The second-order valence-corrected chi connectivity index (χ2v) is 10.3. The van der Waals surface area contributed by atoms with Crippen molar-refractivity contribution in [2.24, 2.45) is 5.92 Å². The number of piperidine rings is 1. The van der Waals surface area contributed by atoms with Gasteiger partial charge in [0.2, 0.25) is 5.91 Å². The summed E-state index contributed by atoms with van der Waals surface area (Å²) < 4.78 is 1.97. The summed E-state index contributed by atoms with van der Waals surface area (Å²) in [4.78, 5) is 25.0. The fourth-order valence-electron chi connectivity index (χ4n) is 5.53. The van der Waals surface area contributed by atoms with E-state index in [4.69, 9.17) is 21.7 Å². The predicted octanol–water partition coefficient (Wildman–Crippen LogP) is 4.44. The molecule has 0 aliphatic carbocycles. The van der Waals surface area contributed by atoms with Gasteiger partial charge in [0.15, 0.2) is 5.65 Å². The SMILES string of the molecule is CCCN1CCN(C(=O)C2CCN(c3cc(C)nc4c(-c5ccc(Cl)cc5)c(C)nn34)CC2)CC1. The molecule has 5 rings (SSSR count). The number of amides is 1. The van der Waals surface area contributed by atoms with Crippen molar-refractivity contribution in [3.05, 3.63) is 46.7 Å². The van der Waals surface area contributed by atoms with Gasteiger partial charge in [-0.25, -0.2) is 4.98 Å². The van der Waals surface area contributed by atoms with Crippen LogP contribution in [-0.2, 0) is 4.79 Å². The van der Waals surface area contributed by atoms with E-state index in [1.165, 1.54) is 6.42 Å². The number of anilines is 1. The lowest BCUT2D eigenvalue weighted by molar-refractivity contribution is -0.138. The average Bonchev–Trinajstić information content (AvgIpc) is 3.20. The summed E-state index contributed by atoms with van der Waals surface area (Å²) in [6.07, 6.45) is 2.92. The monoisotopic (exact) mass is 494 g/mol. The topological polar surface area (TPSA) is 57.0 Å². The Labute approximate surface area is 212 Å². The van der Waals surface area contributed by atoms with E-state index in [9.17, 15) is 4.79 Å². The van der Waals surface area contributed by atoms with Gasteiger partial charge in [-0.15, -0.1) is 0 Å². The molecule has 1 aromatic carbocycles. The van der Waals surface area contributed by atoms with E-state index in [2.05, 4.69) is 27.7 Å². The summed E-state index contributed by atoms with van der Waals surface area (Å²) in [5.41, 5.74) is 4.88. The average molecular weight is 495 g/mol. The van der Waals surface area contributed by atoms with Crippen LogP contribution in [0.4, 0.5) is 5.82 Å². The summed E-state index contributed by atoms with van der Waals surface area (Å²) in [7, 11) is 0. The lowest BCUT2D eigenvalue weighted by Crippen LogP contribution is -2.51. The number of aromatic nitrogens is 3. The molecule has 0 unspecified atom stereocenters. The van der Waals surface area contributed by atoms with Crippen LogP contribution in [0.25, 0.3) is 16.8 Å². The second kappa shape index (κ2) is 10.2. The molecule has 1 amide bonds. The van der Waals surface area contributed by atoms with Crippen LogP contribution in [-0.4, -0.2) is 76.1 Å². The van der Waals surface area contributed by atoms with Crippen LogP contribution in [0.15, 0.2) is 30.3 Å². The van der Waals surface area contributed by atoms with E-state index in [0.29, 0.717) is 10.9 Å². The lowest BCUT2D eigenvalue weighted by Gasteiger charge is -2.39. The zero-order chi connectivity index (χ0) is 24.5. The normalized spacial score (nSPS) is 17.9. The molecule has 2 aromatic heterocycles. The molecule has 3 aromatic rings. The molecule has 0 spiro atoms. The molecular formula is C27H35ClN6O. The van der Waals surface area contributed by atoms with E-state index in [1.54, 1.807) is 0 Å². The smallest absolute Gasteiger partial charge is 0.225 e. The first-order valence-corrected chi connectivity index (χ1v) is 13.2. The molecule has 186 valence electrons. The number of benzene rings is 1. The molecule has 8 heteroatoms. The highest BCUT2D eigenvalue weighted by Gasteiger charge is 2.31. The summed E-state index contributed by atoms with van der Waals surface area (Å²) in [5, 5.41) is 5.59. The van der Waals surface area contributed by atoms with E-state index in [-0.39, 0.29) is 5.92 Å². The molecule has 7 nitrogen and oxygen atoms in total. The first-order chi connectivity index (χ1) is 16.9. The van der Waals surface area contributed by atoms with Gasteiger partial charge >= 0.3 is 0 Å². The van der Waals surface area contributed by atoms with Gasteiger partial charge in [0.1, 0.15) is 5.82 Å². The number of hydrogen-bond donors (Lipinski definition) is 0. The number of carbonyl (C=O) groups excluding carboxylic acids is 1. The largest absolute Gasteiger partial charge is 0.356 e. The summed E-state index contributed by atoms with van der Waals surface area (Å²) >= 11 is 6.11. The third-order valence-corrected chi connectivity index (χ3v) is 7.65. The number of halogens is 1. The van der Waals surface area contributed by atoms with E-state index >= 15 is 0 Å². The van der Waals surface area contributed by atoms with Crippen LogP contribution in [0.5, 0.6) is 0 Å². The number of nitrogens with zero attached hydrogens (tertiary/aromatic N) is 6. The van der Waals surface area contributed by atoms with Crippen molar-refractivity contribution in [3.63, 3.8) is 0 Å². The number of rotatable bonds is 5. The van der Waals surface area contributed by atoms with Crippen LogP contribution in [0.2, 0.25) is 5.02 Å². The number of carbonyl (C=O) groups is 1. The van der Waals surface area contributed by atoms with Crippen LogP contribution in [0, 0.1) is 19.8 Å². The zero-order valence-corrected chi connectivity index (χ0v) is 21.8. The highest BCUT2D eigenvalue weighted by Crippen LogP contribution is 2.32. The third kappa shape index (κ3) is 4.89. The van der Waals surface area contributed by atoms with Crippen molar-refractivity contribution < 1.29 is 4.79 Å². The molecule has 0 N–H and O–H groups in total. The van der Waals surface area contributed by atoms with E-state index < -0.39 is 0 Å². The zero-order valence-electron chi connectivity index (χ0n) is 21.0. The summed E-state index contributed by atoms with van der Waals surface area (Å²) in [6.45, 7) is 12.8. The lowest BCUT2D eigenvalue weighted by atomic mass is 9.95. The molecular weight excluding hydrogens is 460 g/mol. The first kappa shape index (κ1) is 24.1. The van der Waals surface area contributed by atoms with Crippen LogP contribution >= 0.6 is 11.6 Å². The molecule has 35 heavy (non-hydrogen) atoms. The van der Waals surface area contributed by atoms with Gasteiger partial charge in [-0.1, -0.05) is 30.7 Å². The molecule has 2 fully saturated rings. The van der Waals surface area contributed by atoms with Crippen LogP contribution < -0.4 is 4.90 Å². The number of fused-ring (bicyclic) bond motifs is 1. The number of hydrogen-bond acceptors (Lipinski definition) is 5. The van der Waals surface area contributed by atoms with Gasteiger partial charge in [-0.2, -0.15) is 9.61 Å². The Morgan fingerprint density at radius 1 is 1.03 bits per heavy atom.